The number of hydrogen-bond donors (Lipinski definition) is 1. The molecular formula is C11H20BrNO. The van der Waals surface area contributed by atoms with Crippen LogP contribution in [0.15, 0.2) is 0 Å². The SMILES string of the molecule is CC1(CNC(=O)CCCCBr)CCC1. The summed E-state index contributed by atoms with van der Waals surface area (Å²) < 4.78 is 0. The lowest BCUT2D eigenvalue weighted by Crippen LogP contribution is -2.39. The zero-order valence-corrected chi connectivity index (χ0v) is 10.5. The van der Waals surface area contributed by atoms with Crippen LogP contribution in [0.4, 0.5) is 0 Å². The van der Waals surface area contributed by atoms with Gasteiger partial charge in [0.15, 0.2) is 0 Å². The van der Waals surface area contributed by atoms with Crippen LogP contribution >= 0.6 is 15.9 Å². The Hall–Kier alpha value is -0.0500. The third kappa shape index (κ3) is 3.99. The fourth-order valence-corrected chi connectivity index (χ4v) is 2.13. The van der Waals surface area contributed by atoms with Crippen molar-refractivity contribution in [1.29, 1.82) is 0 Å². The molecular weight excluding hydrogens is 242 g/mol. The molecule has 3 heteroatoms. The third-order valence-corrected chi connectivity index (χ3v) is 3.62. The monoisotopic (exact) mass is 261 g/mol. The zero-order chi connectivity index (χ0) is 10.4. The summed E-state index contributed by atoms with van der Waals surface area (Å²) in [5, 5.41) is 4.03. The van der Waals surface area contributed by atoms with E-state index in [2.05, 4.69) is 28.2 Å². The molecule has 0 aromatic heterocycles. The highest BCUT2D eigenvalue weighted by Gasteiger charge is 2.31. The van der Waals surface area contributed by atoms with Crippen LogP contribution in [0.2, 0.25) is 0 Å². The van der Waals surface area contributed by atoms with Gasteiger partial charge in [-0.05, 0) is 31.1 Å². The lowest BCUT2D eigenvalue weighted by molar-refractivity contribution is -0.122. The Kier molecular flexibility index (Phi) is 4.93. The molecule has 0 saturated heterocycles. The standard InChI is InChI=1S/C11H20BrNO/c1-11(6-4-7-11)9-13-10(14)5-2-3-8-12/h2-9H2,1H3,(H,13,14). The second-order valence-electron chi connectivity index (χ2n) is 4.59. The topological polar surface area (TPSA) is 29.1 Å². The number of amides is 1. The van der Waals surface area contributed by atoms with Gasteiger partial charge in [0.25, 0.3) is 0 Å². The Bertz CT molecular complexity index is 190. The molecule has 0 radical (unpaired) electrons. The van der Waals surface area contributed by atoms with Gasteiger partial charge >= 0.3 is 0 Å². The maximum atomic E-state index is 11.4. The minimum Gasteiger partial charge on any atom is -0.356 e. The van der Waals surface area contributed by atoms with Gasteiger partial charge in [-0.15, -0.1) is 0 Å². The van der Waals surface area contributed by atoms with Crippen LogP contribution in [0.5, 0.6) is 0 Å². The molecule has 0 aromatic rings. The van der Waals surface area contributed by atoms with E-state index in [-0.39, 0.29) is 5.91 Å². The van der Waals surface area contributed by atoms with Gasteiger partial charge in [-0.2, -0.15) is 0 Å². The highest BCUT2D eigenvalue weighted by atomic mass is 79.9. The van der Waals surface area contributed by atoms with Crippen molar-refractivity contribution in [2.24, 2.45) is 5.41 Å². The van der Waals surface area contributed by atoms with Crippen LogP contribution < -0.4 is 5.32 Å². The van der Waals surface area contributed by atoms with E-state index < -0.39 is 0 Å². The van der Waals surface area contributed by atoms with E-state index in [9.17, 15) is 4.79 Å². The number of alkyl halides is 1. The van der Waals surface area contributed by atoms with E-state index >= 15 is 0 Å². The second kappa shape index (κ2) is 5.74. The van der Waals surface area contributed by atoms with Crippen molar-refractivity contribution in [3.05, 3.63) is 0 Å². The van der Waals surface area contributed by atoms with Crippen molar-refractivity contribution in [2.45, 2.75) is 45.4 Å². The smallest absolute Gasteiger partial charge is 0.220 e. The van der Waals surface area contributed by atoms with E-state index in [1.807, 2.05) is 0 Å². The number of carbonyl (C=O) groups excluding carboxylic acids is 1. The summed E-state index contributed by atoms with van der Waals surface area (Å²) in [5.41, 5.74) is 0.408. The largest absolute Gasteiger partial charge is 0.356 e. The molecule has 0 aliphatic heterocycles. The van der Waals surface area contributed by atoms with Crippen molar-refractivity contribution in [1.82, 2.24) is 5.32 Å². The van der Waals surface area contributed by atoms with Crippen LogP contribution in [0.25, 0.3) is 0 Å². The maximum absolute atomic E-state index is 11.4. The first kappa shape index (κ1) is 12.0. The van der Waals surface area contributed by atoms with Gasteiger partial charge in [-0.3, -0.25) is 4.79 Å². The lowest BCUT2D eigenvalue weighted by Gasteiger charge is -2.38. The van der Waals surface area contributed by atoms with Crippen LogP contribution in [0, 0.1) is 5.41 Å². The predicted molar refractivity (Wildman–Crippen MR) is 62.6 cm³/mol. The zero-order valence-electron chi connectivity index (χ0n) is 8.94. The number of nitrogens with one attached hydrogen (secondary N) is 1. The van der Waals surface area contributed by atoms with Crippen molar-refractivity contribution >= 4 is 21.8 Å². The fourth-order valence-electron chi connectivity index (χ4n) is 1.74. The van der Waals surface area contributed by atoms with E-state index in [0.29, 0.717) is 11.8 Å². The predicted octanol–water partition coefficient (Wildman–Crippen LogP) is 2.86. The van der Waals surface area contributed by atoms with E-state index in [1.54, 1.807) is 0 Å². The van der Waals surface area contributed by atoms with Gasteiger partial charge in [0.2, 0.25) is 5.91 Å². The summed E-state index contributed by atoms with van der Waals surface area (Å²) in [4.78, 5) is 11.4. The van der Waals surface area contributed by atoms with Crippen molar-refractivity contribution in [2.75, 3.05) is 11.9 Å². The molecule has 1 fully saturated rings. The number of rotatable bonds is 6. The first-order valence-corrected chi connectivity index (χ1v) is 6.61. The molecule has 14 heavy (non-hydrogen) atoms. The normalized spacial score (nSPS) is 18.7. The molecule has 1 rings (SSSR count). The molecule has 0 unspecified atom stereocenters. The van der Waals surface area contributed by atoms with Crippen LogP contribution in [0.3, 0.4) is 0 Å². The van der Waals surface area contributed by atoms with Crippen molar-refractivity contribution in [3.63, 3.8) is 0 Å². The third-order valence-electron chi connectivity index (χ3n) is 3.06. The number of halogens is 1. The van der Waals surface area contributed by atoms with Gasteiger partial charge in [0.1, 0.15) is 0 Å². The van der Waals surface area contributed by atoms with E-state index in [4.69, 9.17) is 0 Å². The lowest BCUT2D eigenvalue weighted by atomic mass is 9.70. The van der Waals surface area contributed by atoms with Crippen molar-refractivity contribution < 1.29 is 4.79 Å². The first-order valence-electron chi connectivity index (χ1n) is 5.49. The number of hydrogen-bond acceptors (Lipinski definition) is 1. The summed E-state index contributed by atoms with van der Waals surface area (Å²) in [5.74, 6) is 0.221. The minimum atomic E-state index is 0.221. The van der Waals surface area contributed by atoms with E-state index in [1.165, 1.54) is 19.3 Å². The molecule has 0 spiro atoms. The van der Waals surface area contributed by atoms with Crippen molar-refractivity contribution in [3.8, 4) is 0 Å². The molecule has 0 atom stereocenters. The Morgan fingerprint density at radius 1 is 1.43 bits per heavy atom. The quantitative estimate of drug-likeness (QED) is 0.578. The molecule has 0 heterocycles. The fraction of sp³-hybridized carbons (Fsp3) is 0.909. The summed E-state index contributed by atoms with van der Waals surface area (Å²) in [6, 6.07) is 0. The summed E-state index contributed by atoms with van der Waals surface area (Å²) in [6.45, 7) is 3.13. The van der Waals surface area contributed by atoms with Crippen LogP contribution in [-0.4, -0.2) is 17.8 Å². The molecule has 82 valence electrons. The Morgan fingerprint density at radius 3 is 2.64 bits per heavy atom. The summed E-state index contributed by atoms with van der Waals surface area (Å²) in [7, 11) is 0. The molecule has 0 aromatic carbocycles. The van der Waals surface area contributed by atoms with E-state index in [0.717, 1.165) is 24.7 Å². The molecule has 1 N–H and O–H groups in total. The average molecular weight is 262 g/mol. The van der Waals surface area contributed by atoms with Gasteiger partial charge in [0.05, 0.1) is 0 Å². The van der Waals surface area contributed by atoms with Crippen LogP contribution in [0.1, 0.15) is 45.4 Å². The highest BCUT2D eigenvalue weighted by molar-refractivity contribution is 9.09. The minimum absolute atomic E-state index is 0.221. The second-order valence-corrected chi connectivity index (χ2v) is 5.38. The van der Waals surface area contributed by atoms with Gasteiger partial charge in [-0.25, -0.2) is 0 Å². The maximum Gasteiger partial charge on any atom is 0.220 e. The first-order chi connectivity index (χ1) is 6.66. The number of unbranched alkanes of at least 4 members (excludes halogenated alkanes) is 1. The summed E-state index contributed by atoms with van der Waals surface area (Å²) in [6.07, 6.45) is 6.64. The molecule has 0 bridgehead atoms. The Labute approximate surface area is 95.0 Å². The Balaban J connectivity index is 2.03. The average Bonchev–Trinajstić information content (AvgIpc) is 2.12. The Morgan fingerprint density at radius 2 is 2.14 bits per heavy atom. The molecule has 1 amide bonds. The summed E-state index contributed by atoms with van der Waals surface area (Å²) >= 11 is 3.36. The molecule has 1 aliphatic carbocycles. The highest BCUT2D eigenvalue weighted by Crippen LogP contribution is 2.39. The van der Waals surface area contributed by atoms with Crippen LogP contribution in [-0.2, 0) is 4.79 Å². The molecule has 1 saturated carbocycles. The number of carbonyl (C=O) groups is 1. The van der Waals surface area contributed by atoms with Gasteiger partial charge in [0, 0.05) is 18.3 Å². The molecule has 1 aliphatic rings. The van der Waals surface area contributed by atoms with Gasteiger partial charge in [-0.1, -0.05) is 29.3 Å². The molecule has 2 nitrogen and oxygen atoms in total. The van der Waals surface area contributed by atoms with Gasteiger partial charge < -0.3 is 5.32 Å².